The summed E-state index contributed by atoms with van der Waals surface area (Å²) in [6.07, 6.45) is 5.93. The lowest BCUT2D eigenvalue weighted by Crippen LogP contribution is -2.48. The number of likely N-dealkylation sites (N-methyl/N-ethyl adjacent to an activating group) is 1. The van der Waals surface area contributed by atoms with Gasteiger partial charge in [-0.05, 0) is 31.9 Å². The summed E-state index contributed by atoms with van der Waals surface area (Å²) in [7, 11) is 3.32. The van der Waals surface area contributed by atoms with Crippen LogP contribution in [-0.4, -0.2) is 83.5 Å². The van der Waals surface area contributed by atoms with Gasteiger partial charge in [-0.15, -0.1) is 0 Å². The fourth-order valence-electron chi connectivity index (χ4n) is 4.28. The molecule has 192 valence electrons. The first kappa shape index (κ1) is 25.6. The van der Waals surface area contributed by atoms with Gasteiger partial charge in [0.25, 0.3) is 11.8 Å². The van der Waals surface area contributed by atoms with E-state index in [1.54, 1.807) is 42.2 Å². The molecule has 1 aliphatic heterocycles. The highest BCUT2D eigenvalue weighted by molar-refractivity contribution is 5.99. The number of carbonyl (C=O) groups is 3. The maximum atomic E-state index is 13.4. The minimum Gasteiger partial charge on any atom is -0.491 e. The van der Waals surface area contributed by atoms with Gasteiger partial charge in [0.05, 0.1) is 23.9 Å². The van der Waals surface area contributed by atoms with Crippen molar-refractivity contribution in [3.05, 3.63) is 48.0 Å². The van der Waals surface area contributed by atoms with Crippen LogP contribution in [0, 0.1) is 11.8 Å². The van der Waals surface area contributed by atoms with E-state index in [0.717, 1.165) is 12.8 Å². The Morgan fingerprint density at radius 1 is 1.17 bits per heavy atom. The van der Waals surface area contributed by atoms with Crippen LogP contribution in [0.4, 0.5) is 5.69 Å². The highest BCUT2D eigenvalue weighted by atomic mass is 16.5. The molecule has 0 radical (unpaired) electrons. The molecule has 0 saturated heterocycles. The summed E-state index contributed by atoms with van der Waals surface area (Å²) < 4.78 is 11.9. The Balaban J connectivity index is 1.66. The lowest BCUT2D eigenvalue weighted by molar-refractivity contribution is -0.117. The van der Waals surface area contributed by atoms with Gasteiger partial charge in [0.1, 0.15) is 18.1 Å². The first-order valence-corrected chi connectivity index (χ1v) is 12.2. The SMILES string of the molecule is CO[C@H]1CN(C)C(=O)c2ccc(NC(=O)C3CC3)cc2OC[C@H](C)N(C(=O)c2cnccn2)C[C@@H]1C. The van der Waals surface area contributed by atoms with E-state index in [4.69, 9.17) is 9.47 Å². The van der Waals surface area contributed by atoms with Crippen LogP contribution < -0.4 is 10.1 Å². The van der Waals surface area contributed by atoms with Crippen molar-refractivity contribution in [1.29, 1.82) is 0 Å². The fraction of sp³-hybridized carbons (Fsp3) is 0.500. The molecular weight excluding hydrogens is 462 g/mol. The van der Waals surface area contributed by atoms with Crippen LogP contribution in [0.2, 0.25) is 0 Å². The molecule has 2 aliphatic rings. The van der Waals surface area contributed by atoms with E-state index in [2.05, 4.69) is 15.3 Å². The zero-order valence-corrected chi connectivity index (χ0v) is 21.1. The third kappa shape index (κ3) is 5.81. The quantitative estimate of drug-likeness (QED) is 0.693. The van der Waals surface area contributed by atoms with Crippen LogP contribution in [0.25, 0.3) is 0 Å². The lowest BCUT2D eigenvalue weighted by Gasteiger charge is -2.35. The number of benzene rings is 1. The van der Waals surface area contributed by atoms with Crippen molar-refractivity contribution in [3.63, 3.8) is 0 Å². The number of methoxy groups -OCH3 is 1. The van der Waals surface area contributed by atoms with Crippen LogP contribution in [0.15, 0.2) is 36.8 Å². The van der Waals surface area contributed by atoms with Gasteiger partial charge in [-0.25, -0.2) is 4.98 Å². The van der Waals surface area contributed by atoms with E-state index in [-0.39, 0.29) is 54.0 Å². The number of nitrogens with zero attached hydrogens (tertiary/aromatic N) is 4. The average molecular weight is 496 g/mol. The van der Waals surface area contributed by atoms with E-state index in [1.807, 2.05) is 13.8 Å². The molecule has 10 heteroatoms. The van der Waals surface area contributed by atoms with Crippen LogP contribution >= 0.6 is 0 Å². The average Bonchev–Trinajstić information content (AvgIpc) is 3.74. The number of amides is 3. The second kappa shape index (κ2) is 11.0. The molecule has 1 N–H and O–H groups in total. The Kier molecular flexibility index (Phi) is 7.83. The van der Waals surface area contributed by atoms with Crippen LogP contribution in [0.5, 0.6) is 5.75 Å². The number of anilines is 1. The molecule has 3 atom stereocenters. The Morgan fingerprint density at radius 2 is 1.94 bits per heavy atom. The number of carbonyl (C=O) groups excluding carboxylic acids is 3. The number of rotatable bonds is 4. The smallest absolute Gasteiger partial charge is 0.274 e. The standard InChI is InChI=1S/C26H33N5O5/c1-16-13-31(26(34)21-12-27-9-10-28-21)17(2)15-36-22-11-19(29-24(32)18-5-6-18)7-8-20(22)25(33)30(3)14-23(16)35-4/h7-12,16-18,23H,5-6,13-15H2,1-4H3,(H,29,32)/t16-,17-,23-/m0/s1. The molecule has 4 rings (SSSR count). The third-order valence-corrected chi connectivity index (χ3v) is 6.71. The first-order valence-electron chi connectivity index (χ1n) is 12.2. The summed E-state index contributed by atoms with van der Waals surface area (Å²) in [5.74, 6) is -0.173. The number of hydrogen-bond donors (Lipinski definition) is 1. The predicted molar refractivity (Wildman–Crippen MR) is 133 cm³/mol. The largest absolute Gasteiger partial charge is 0.491 e. The number of hydrogen-bond acceptors (Lipinski definition) is 7. The molecule has 1 saturated carbocycles. The molecule has 2 aromatic rings. The summed E-state index contributed by atoms with van der Waals surface area (Å²) in [4.78, 5) is 50.5. The van der Waals surface area contributed by atoms with Crippen LogP contribution in [0.3, 0.4) is 0 Å². The zero-order valence-electron chi connectivity index (χ0n) is 21.1. The maximum absolute atomic E-state index is 13.4. The molecule has 1 aromatic heterocycles. The molecule has 2 heterocycles. The van der Waals surface area contributed by atoms with Crippen LogP contribution in [0.1, 0.15) is 47.5 Å². The second-order valence-corrected chi connectivity index (χ2v) is 9.62. The molecule has 0 spiro atoms. The van der Waals surface area contributed by atoms with Gasteiger partial charge in [-0.1, -0.05) is 6.92 Å². The van der Waals surface area contributed by atoms with Crippen molar-refractivity contribution in [2.24, 2.45) is 11.8 Å². The minimum absolute atomic E-state index is 0.0300. The Hall–Kier alpha value is -3.53. The van der Waals surface area contributed by atoms with E-state index in [0.29, 0.717) is 30.1 Å². The third-order valence-electron chi connectivity index (χ3n) is 6.71. The maximum Gasteiger partial charge on any atom is 0.274 e. The topological polar surface area (TPSA) is 114 Å². The van der Waals surface area contributed by atoms with E-state index in [9.17, 15) is 14.4 Å². The van der Waals surface area contributed by atoms with Gasteiger partial charge < -0.3 is 24.6 Å². The molecule has 1 fully saturated rings. The number of ether oxygens (including phenoxy) is 2. The Bertz CT molecular complexity index is 1110. The van der Waals surface area contributed by atoms with E-state index >= 15 is 0 Å². The normalized spacial score (nSPS) is 23.1. The number of nitrogens with one attached hydrogen (secondary N) is 1. The predicted octanol–water partition coefficient (Wildman–Crippen LogP) is 2.47. The highest BCUT2D eigenvalue weighted by Crippen LogP contribution is 2.32. The first-order chi connectivity index (χ1) is 17.3. The van der Waals surface area contributed by atoms with E-state index in [1.165, 1.54) is 18.6 Å². The molecule has 1 aromatic carbocycles. The molecule has 1 aliphatic carbocycles. The summed E-state index contributed by atoms with van der Waals surface area (Å²) in [5, 5.41) is 2.90. The Labute approximate surface area is 211 Å². The van der Waals surface area contributed by atoms with Gasteiger partial charge in [-0.2, -0.15) is 0 Å². The molecule has 0 unspecified atom stereocenters. The van der Waals surface area contributed by atoms with Crippen molar-refractivity contribution in [1.82, 2.24) is 19.8 Å². The van der Waals surface area contributed by atoms with Gasteiger partial charge in [0, 0.05) is 63.2 Å². The number of aromatic nitrogens is 2. The van der Waals surface area contributed by atoms with Gasteiger partial charge in [0.2, 0.25) is 5.91 Å². The summed E-state index contributed by atoms with van der Waals surface area (Å²) in [6.45, 7) is 4.73. The molecule has 10 nitrogen and oxygen atoms in total. The van der Waals surface area contributed by atoms with Gasteiger partial charge >= 0.3 is 0 Å². The summed E-state index contributed by atoms with van der Waals surface area (Å²) >= 11 is 0. The molecule has 0 bridgehead atoms. The highest BCUT2D eigenvalue weighted by Gasteiger charge is 2.32. The molecular formula is C26H33N5O5. The minimum atomic E-state index is -0.343. The number of fused-ring (bicyclic) bond motifs is 1. The lowest BCUT2D eigenvalue weighted by atomic mass is 10.0. The molecule has 36 heavy (non-hydrogen) atoms. The van der Waals surface area contributed by atoms with E-state index < -0.39 is 0 Å². The van der Waals surface area contributed by atoms with Crippen LogP contribution in [-0.2, 0) is 9.53 Å². The fourth-order valence-corrected chi connectivity index (χ4v) is 4.28. The Morgan fingerprint density at radius 3 is 2.61 bits per heavy atom. The monoisotopic (exact) mass is 495 g/mol. The van der Waals surface area contributed by atoms with Crippen molar-refractivity contribution in [2.45, 2.75) is 38.8 Å². The van der Waals surface area contributed by atoms with Crippen molar-refractivity contribution >= 4 is 23.4 Å². The van der Waals surface area contributed by atoms with Crippen molar-refractivity contribution in [2.75, 3.05) is 39.2 Å². The summed E-state index contributed by atoms with van der Waals surface area (Å²) in [6, 6.07) is 4.71. The van der Waals surface area contributed by atoms with Crippen molar-refractivity contribution < 1.29 is 23.9 Å². The van der Waals surface area contributed by atoms with Gasteiger partial charge in [-0.3, -0.25) is 19.4 Å². The summed E-state index contributed by atoms with van der Waals surface area (Å²) in [5.41, 5.74) is 1.19. The zero-order chi connectivity index (χ0) is 25.8. The van der Waals surface area contributed by atoms with Gasteiger partial charge in [0.15, 0.2) is 0 Å². The molecule has 3 amide bonds. The second-order valence-electron chi connectivity index (χ2n) is 9.62. The van der Waals surface area contributed by atoms with Crippen molar-refractivity contribution in [3.8, 4) is 5.75 Å².